The summed E-state index contributed by atoms with van der Waals surface area (Å²) in [6.07, 6.45) is 0. The van der Waals surface area contributed by atoms with Gasteiger partial charge in [0.2, 0.25) is 0 Å². The van der Waals surface area contributed by atoms with Crippen LogP contribution in [0.1, 0.15) is 0 Å². The minimum absolute atomic E-state index is 0.0841. The normalized spacial score (nSPS) is 10.1. The van der Waals surface area contributed by atoms with Gasteiger partial charge >= 0.3 is 10.4 Å². The summed E-state index contributed by atoms with van der Waals surface area (Å²) in [6, 6.07) is 4.70. The Balaban J connectivity index is 0.000000336. The van der Waals surface area contributed by atoms with Gasteiger partial charge in [-0.05, 0) is 12.1 Å². The van der Waals surface area contributed by atoms with Gasteiger partial charge < -0.3 is 15.6 Å². The number of ether oxygens (including phenoxy) is 1. The van der Waals surface area contributed by atoms with Crippen LogP contribution in [-0.4, -0.2) is 29.7 Å². The van der Waals surface area contributed by atoms with Crippen LogP contribution in [0.15, 0.2) is 18.2 Å². The maximum Gasteiger partial charge on any atom is 0.394 e. The first-order chi connectivity index (χ1) is 6.74. The summed E-state index contributed by atoms with van der Waals surface area (Å²) in [5, 5.41) is 8.96. The second kappa shape index (κ2) is 5.39. The van der Waals surface area contributed by atoms with Crippen molar-refractivity contribution in [2.75, 3.05) is 12.8 Å². The predicted molar refractivity (Wildman–Crippen MR) is 53.2 cm³/mol. The number of anilines is 1. The van der Waals surface area contributed by atoms with Gasteiger partial charge in [0.1, 0.15) is 11.5 Å². The van der Waals surface area contributed by atoms with Crippen LogP contribution in [0.3, 0.4) is 0 Å². The van der Waals surface area contributed by atoms with Crippen LogP contribution in [0.5, 0.6) is 11.5 Å². The standard InChI is InChI=1S/C7H9NO2.H2O4S/c1-10-5-2-3-7(9)6(8)4-5;1-5(2,3)4/h2-4,9H,8H2,1H3;(H2,1,2,3,4). The molecule has 86 valence electrons. The Bertz CT molecular complexity index is 407. The zero-order valence-electron chi connectivity index (χ0n) is 7.78. The third-order valence-electron chi connectivity index (χ3n) is 1.23. The van der Waals surface area contributed by atoms with Crippen molar-refractivity contribution >= 4 is 16.1 Å². The number of nitrogens with two attached hydrogens (primary N) is 1. The van der Waals surface area contributed by atoms with Crippen molar-refractivity contribution in [3.05, 3.63) is 18.2 Å². The van der Waals surface area contributed by atoms with Crippen LogP contribution >= 0.6 is 0 Å². The zero-order chi connectivity index (χ0) is 12.1. The summed E-state index contributed by atoms with van der Waals surface area (Å²) >= 11 is 0. The van der Waals surface area contributed by atoms with E-state index in [1.54, 1.807) is 19.2 Å². The lowest BCUT2D eigenvalue weighted by Gasteiger charge is -2.01. The number of benzene rings is 1. The summed E-state index contributed by atoms with van der Waals surface area (Å²) < 4.78 is 36.4. The molecule has 7 nitrogen and oxygen atoms in total. The van der Waals surface area contributed by atoms with Crippen molar-refractivity contribution in [1.82, 2.24) is 0 Å². The lowest BCUT2D eigenvalue weighted by molar-refractivity contribution is 0.381. The average molecular weight is 237 g/mol. The average Bonchev–Trinajstić information content (AvgIpc) is 2.07. The SMILES string of the molecule is COc1ccc(O)c(N)c1.O=S(=O)(O)O. The smallest absolute Gasteiger partial charge is 0.394 e. The van der Waals surface area contributed by atoms with Crippen molar-refractivity contribution in [3.63, 3.8) is 0 Å². The molecule has 0 aromatic heterocycles. The van der Waals surface area contributed by atoms with Gasteiger partial charge in [0, 0.05) is 6.07 Å². The molecule has 15 heavy (non-hydrogen) atoms. The molecule has 0 saturated carbocycles. The molecule has 0 aliphatic carbocycles. The maximum absolute atomic E-state index is 8.96. The van der Waals surface area contributed by atoms with Crippen LogP contribution in [0.25, 0.3) is 0 Å². The van der Waals surface area contributed by atoms with E-state index in [1.165, 1.54) is 6.07 Å². The minimum Gasteiger partial charge on any atom is -0.506 e. The second-order valence-electron chi connectivity index (χ2n) is 2.37. The topological polar surface area (TPSA) is 130 Å². The first-order valence-corrected chi connectivity index (χ1v) is 4.96. The van der Waals surface area contributed by atoms with Crippen LogP contribution in [0, 0.1) is 0 Å². The van der Waals surface area contributed by atoms with Gasteiger partial charge in [0.15, 0.2) is 0 Å². The van der Waals surface area contributed by atoms with Gasteiger partial charge in [0.25, 0.3) is 0 Å². The number of phenols is 1. The summed E-state index contributed by atoms with van der Waals surface area (Å²) in [5.41, 5.74) is 5.70. The molecular weight excluding hydrogens is 226 g/mol. The van der Waals surface area contributed by atoms with Gasteiger partial charge in [-0.2, -0.15) is 8.42 Å². The second-order valence-corrected chi connectivity index (χ2v) is 3.27. The Hall–Kier alpha value is -1.51. The van der Waals surface area contributed by atoms with Crippen molar-refractivity contribution in [1.29, 1.82) is 0 Å². The van der Waals surface area contributed by atoms with Gasteiger partial charge in [-0.25, -0.2) is 0 Å². The summed E-state index contributed by atoms with van der Waals surface area (Å²) in [7, 11) is -3.12. The molecule has 0 bridgehead atoms. The van der Waals surface area contributed by atoms with Gasteiger partial charge in [-0.15, -0.1) is 0 Å². The molecule has 1 rings (SSSR count). The Kier molecular flexibility index (Phi) is 4.85. The Labute approximate surface area is 86.7 Å². The van der Waals surface area contributed by atoms with Crippen molar-refractivity contribution < 1.29 is 27.4 Å². The maximum atomic E-state index is 8.96. The van der Waals surface area contributed by atoms with Crippen molar-refractivity contribution in [2.24, 2.45) is 0 Å². The van der Waals surface area contributed by atoms with E-state index in [0.717, 1.165) is 0 Å². The molecule has 0 amide bonds. The highest BCUT2D eigenvalue weighted by atomic mass is 32.3. The highest BCUT2D eigenvalue weighted by molar-refractivity contribution is 7.79. The zero-order valence-corrected chi connectivity index (χ0v) is 8.60. The summed E-state index contributed by atoms with van der Waals surface area (Å²) in [6.45, 7) is 0. The van der Waals surface area contributed by atoms with Crippen LogP contribution in [0.4, 0.5) is 5.69 Å². The lowest BCUT2D eigenvalue weighted by atomic mass is 10.3. The van der Waals surface area contributed by atoms with Crippen molar-refractivity contribution in [2.45, 2.75) is 0 Å². The monoisotopic (exact) mass is 237 g/mol. The van der Waals surface area contributed by atoms with Crippen LogP contribution in [-0.2, 0) is 10.4 Å². The van der Waals surface area contributed by atoms with Crippen LogP contribution in [0.2, 0.25) is 0 Å². The van der Waals surface area contributed by atoms with Gasteiger partial charge in [-0.3, -0.25) is 9.11 Å². The molecule has 0 aliphatic heterocycles. The van der Waals surface area contributed by atoms with E-state index in [1.807, 2.05) is 0 Å². The van der Waals surface area contributed by atoms with E-state index in [-0.39, 0.29) is 5.75 Å². The van der Waals surface area contributed by atoms with Gasteiger partial charge in [-0.1, -0.05) is 0 Å². The molecule has 5 N–H and O–H groups in total. The van der Waals surface area contributed by atoms with E-state index in [9.17, 15) is 0 Å². The molecule has 0 fully saturated rings. The highest BCUT2D eigenvalue weighted by Crippen LogP contribution is 2.24. The number of phenolic OH excluding ortho intramolecular Hbond substituents is 1. The quantitative estimate of drug-likeness (QED) is 0.314. The Morgan fingerprint density at radius 2 is 1.80 bits per heavy atom. The van der Waals surface area contributed by atoms with E-state index in [4.69, 9.17) is 33.1 Å². The molecule has 0 spiro atoms. The van der Waals surface area contributed by atoms with Gasteiger partial charge in [0.05, 0.1) is 12.8 Å². The molecule has 8 heteroatoms. The number of hydrogen-bond acceptors (Lipinski definition) is 5. The fraction of sp³-hybridized carbons (Fsp3) is 0.143. The molecule has 0 aliphatic rings. The fourth-order valence-corrected chi connectivity index (χ4v) is 0.660. The molecule has 0 atom stereocenters. The first-order valence-electron chi connectivity index (χ1n) is 3.56. The molecule has 0 unspecified atom stereocenters. The van der Waals surface area contributed by atoms with E-state index in [2.05, 4.69) is 0 Å². The number of nitrogen functional groups attached to an aromatic ring is 1. The molecule has 1 aromatic rings. The Morgan fingerprint density at radius 1 is 1.33 bits per heavy atom. The lowest BCUT2D eigenvalue weighted by Crippen LogP contribution is -1.89. The van der Waals surface area contributed by atoms with E-state index >= 15 is 0 Å². The largest absolute Gasteiger partial charge is 0.506 e. The number of hydrogen-bond donors (Lipinski definition) is 4. The fourth-order valence-electron chi connectivity index (χ4n) is 0.660. The van der Waals surface area contributed by atoms with Crippen LogP contribution < -0.4 is 10.5 Å². The molecule has 0 heterocycles. The molecule has 1 aromatic carbocycles. The third-order valence-corrected chi connectivity index (χ3v) is 1.23. The van der Waals surface area contributed by atoms with Crippen molar-refractivity contribution in [3.8, 4) is 11.5 Å². The number of rotatable bonds is 1. The minimum atomic E-state index is -4.67. The number of aromatic hydroxyl groups is 1. The Morgan fingerprint density at radius 3 is 2.13 bits per heavy atom. The number of methoxy groups -OCH3 is 1. The van der Waals surface area contributed by atoms with E-state index in [0.29, 0.717) is 11.4 Å². The first kappa shape index (κ1) is 13.5. The molecular formula is C7H11NO6S. The van der Waals surface area contributed by atoms with E-state index < -0.39 is 10.4 Å². The molecule has 0 radical (unpaired) electrons. The summed E-state index contributed by atoms with van der Waals surface area (Å²) in [4.78, 5) is 0. The predicted octanol–water partition coefficient (Wildman–Crippen LogP) is 0.330. The third kappa shape index (κ3) is 7.55. The summed E-state index contributed by atoms with van der Waals surface area (Å²) in [5.74, 6) is 0.733. The molecule has 0 saturated heterocycles. The highest BCUT2D eigenvalue weighted by Gasteiger charge is 1.96.